The predicted octanol–water partition coefficient (Wildman–Crippen LogP) is 3.22. The van der Waals surface area contributed by atoms with Crippen LogP contribution in [0.3, 0.4) is 0 Å². The molecule has 0 aromatic heterocycles. The lowest BCUT2D eigenvalue weighted by Gasteiger charge is -2.10. The molecule has 0 bridgehead atoms. The molecule has 88 valence electrons. The molecule has 0 saturated heterocycles. The highest BCUT2D eigenvalue weighted by molar-refractivity contribution is 6.29. The number of halogens is 1. The summed E-state index contributed by atoms with van der Waals surface area (Å²) in [6.45, 7) is 6.86. The van der Waals surface area contributed by atoms with Gasteiger partial charge in [-0.05, 0) is 12.5 Å². The third-order valence-corrected chi connectivity index (χ3v) is 2.02. The number of anilines is 2. The lowest BCUT2D eigenvalue weighted by atomic mass is 10.2. The van der Waals surface area contributed by atoms with Crippen molar-refractivity contribution in [3.05, 3.63) is 29.8 Å². The van der Waals surface area contributed by atoms with Crippen LogP contribution in [0.15, 0.2) is 29.8 Å². The van der Waals surface area contributed by atoms with Crippen molar-refractivity contribution >= 4 is 23.0 Å². The van der Waals surface area contributed by atoms with Crippen LogP contribution in [-0.4, -0.2) is 13.2 Å². The number of hydrogen-bond donors (Lipinski definition) is 2. The topological polar surface area (TPSA) is 47.3 Å². The van der Waals surface area contributed by atoms with Gasteiger partial charge in [-0.25, -0.2) is 0 Å². The van der Waals surface area contributed by atoms with Crippen LogP contribution in [0.25, 0.3) is 0 Å². The van der Waals surface area contributed by atoms with Crippen LogP contribution in [0.1, 0.15) is 13.3 Å². The first-order valence-corrected chi connectivity index (χ1v) is 5.60. The summed E-state index contributed by atoms with van der Waals surface area (Å²) in [5.41, 5.74) is 7.31. The van der Waals surface area contributed by atoms with Crippen molar-refractivity contribution in [1.29, 1.82) is 0 Å². The van der Waals surface area contributed by atoms with Crippen LogP contribution in [-0.2, 0) is 0 Å². The first kappa shape index (κ1) is 12.7. The van der Waals surface area contributed by atoms with Crippen LogP contribution in [0.5, 0.6) is 5.75 Å². The molecule has 0 saturated carbocycles. The Labute approximate surface area is 101 Å². The zero-order valence-electron chi connectivity index (χ0n) is 9.42. The van der Waals surface area contributed by atoms with Gasteiger partial charge in [0.15, 0.2) is 0 Å². The lowest BCUT2D eigenvalue weighted by molar-refractivity contribution is 0.318. The number of hydrogen-bond acceptors (Lipinski definition) is 3. The third kappa shape index (κ3) is 4.45. The van der Waals surface area contributed by atoms with Crippen molar-refractivity contribution < 1.29 is 4.74 Å². The third-order valence-electron chi connectivity index (χ3n) is 1.89. The normalized spacial score (nSPS) is 9.88. The molecule has 1 aromatic carbocycles. The number of nitrogen functional groups attached to an aromatic ring is 1. The van der Waals surface area contributed by atoms with Crippen LogP contribution in [0.2, 0.25) is 0 Å². The highest BCUT2D eigenvalue weighted by Crippen LogP contribution is 2.23. The predicted molar refractivity (Wildman–Crippen MR) is 70.1 cm³/mol. The summed E-state index contributed by atoms with van der Waals surface area (Å²) >= 11 is 5.67. The van der Waals surface area contributed by atoms with E-state index in [2.05, 4.69) is 18.8 Å². The Morgan fingerprint density at radius 1 is 1.50 bits per heavy atom. The minimum atomic E-state index is 0.512. The summed E-state index contributed by atoms with van der Waals surface area (Å²) in [6.07, 6.45) is 0.968. The molecule has 0 aliphatic heterocycles. The van der Waals surface area contributed by atoms with Gasteiger partial charge in [-0.15, -0.1) is 0 Å². The fraction of sp³-hybridized carbons (Fsp3) is 0.333. The average Bonchev–Trinajstić information content (AvgIpc) is 2.23. The number of ether oxygens (including phenoxy) is 1. The molecule has 16 heavy (non-hydrogen) atoms. The monoisotopic (exact) mass is 240 g/mol. The van der Waals surface area contributed by atoms with Gasteiger partial charge in [-0.2, -0.15) is 0 Å². The molecule has 0 aliphatic rings. The number of nitrogens with two attached hydrogens (primary N) is 1. The van der Waals surface area contributed by atoms with Gasteiger partial charge in [0.05, 0.1) is 13.2 Å². The molecule has 0 spiro atoms. The highest BCUT2D eigenvalue weighted by atomic mass is 35.5. The minimum absolute atomic E-state index is 0.512. The first-order valence-electron chi connectivity index (χ1n) is 5.22. The zero-order valence-corrected chi connectivity index (χ0v) is 10.2. The molecule has 0 unspecified atom stereocenters. The van der Waals surface area contributed by atoms with E-state index < -0.39 is 0 Å². The maximum atomic E-state index is 5.76. The molecule has 0 atom stereocenters. The van der Waals surface area contributed by atoms with Crippen molar-refractivity contribution in [2.75, 3.05) is 24.2 Å². The van der Waals surface area contributed by atoms with E-state index in [0.717, 1.165) is 17.9 Å². The fourth-order valence-corrected chi connectivity index (χ4v) is 1.29. The maximum absolute atomic E-state index is 5.76. The molecule has 1 aromatic rings. The molecule has 3 nitrogen and oxygen atoms in total. The van der Waals surface area contributed by atoms with Gasteiger partial charge in [0.2, 0.25) is 0 Å². The maximum Gasteiger partial charge on any atom is 0.123 e. The minimum Gasteiger partial charge on any atom is -0.493 e. The van der Waals surface area contributed by atoms with Crippen LogP contribution < -0.4 is 15.8 Å². The van der Waals surface area contributed by atoms with E-state index in [-0.39, 0.29) is 0 Å². The van der Waals surface area contributed by atoms with Crippen molar-refractivity contribution in [3.63, 3.8) is 0 Å². The number of benzene rings is 1. The molecule has 0 radical (unpaired) electrons. The van der Waals surface area contributed by atoms with Gasteiger partial charge in [0.25, 0.3) is 0 Å². The Morgan fingerprint density at radius 2 is 2.25 bits per heavy atom. The summed E-state index contributed by atoms with van der Waals surface area (Å²) < 4.78 is 5.51. The Kier molecular flexibility index (Phi) is 4.99. The van der Waals surface area contributed by atoms with E-state index in [1.807, 2.05) is 12.1 Å². The second-order valence-corrected chi connectivity index (χ2v) is 4.04. The molecule has 0 heterocycles. The van der Waals surface area contributed by atoms with Crippen LogP contribution in [0, 0.1) is 0 Å². The molecule has 0 aliphatic carbocycles. The van der Waals surface area contributed by atoms with Crippen molar-refractivity contribution in [3.8, 4) is 5.75 Å². The second-order valence-electron chi connectivity index (χ2n) is 3.51. The van der Waals surface area contributed by atoms with E-state index in [1.165, 1.54) is 0 Å². The van der Waals surface area contributed by atoms with E-state index in [1.54, 1.807) is 6.07 Å². The van der Waals surface area contributed by atoms with Gasteiger partial charge in [0.1, 0.15) is 5.75 Å². The molecule has 0 fully saturated rings. The summed E-state index contributed by atoms with van der Waals surface area (Å²) in [7, 11) is 0. The first-order chi connectivity index (χ1) is 7.61. The van der Waals surface area contributed by atoms with Gasteiger partial charge in [0, 0.05) is 28.5 Å². The molecule has 3 N–H and O–H groups in total. The molecular weight excluding hydrogens is 224 g/mol. The molecule has 1 rings (SSSR count). The van der Waals surface area contributed by atoms with Crippen LogP contribution in [0.4, 0.5) is 11.4 Å². The van der Waals surface area contributed by atoms with E-state index in [4.69, 9.17) is 22.1 Å². The molecule has 4 heteroatoms. The Bertz CT molecular complexity index is 366. The zero-order chi connectivity index (χ0) is 12.0. The Morgan fingerprint density at radius 3 is 2.88 bits per heavy atom. The lowest BCUT2D eigenvalue weighted by Crippen LogP contribution is -2.03. The molecule has 0 amide bonds. The smallest absolute Gasteiger partial charge is 0.123 e. The SMILES string of the molecule is C=C(Cl)CNc1cc(N)cc(OCCC)c1. The quantitative estimate of drug-likeness (QED) is 0.751. The summed E-state index contributed by atoms with van der Waals surface area (Å²) in [4.78, 5) is 0. The molecular formula is C12H17ClN2O. The van der Waals surface area contributed by atoms with Crippen LogP contribution >= 0.6 is 11.6 Å². The van der Waals surface area contributed by atoms with Gasteiger partial charge < -0.3 is 15.8 Å². The Balaban J connectivity index is 2.69. The van der Waals surface area contributed by atoms with E-state index in [9.17, 15) is 0 Å². The average molecular weight is 241 g/mol. The standard InChI is InChI=1S/C12H17ClN2O/c1-3-4-16-12-6-10(14)5-11(7-12)15-8-9(2)13/h5-7,15H,2-4,8,14H2,1H3. The summed E-state index contributed by atoms with van der Waals surface area (Å²) in [5.74, 6) is 0.768. The summed E-state index contributed by atoms with van der Waals surface area (Å²) in [6, 6.07) is 5.53. The largest absolute Gasteiger partial charge is 0.493 e. The van der Waals surface area contributed by atoms with E-state index in [0.29, 0.717) is 23.9 Å². The van der Waals surface area contributed by atoms with Crippen molar-refractivity contribution in [1.82, 2.24) is 0 Å². The number of rotatable bonds is 6. The van der Waals surface area contributed by atoms with Gasteiger partial charge >= 0.3 is 0 Å². The fourth-order valence-electron chi connectivity index (χ4n) is 1.23. The van der Waals surface area contributed by atoms with Crippen molar-refractivity contribution in [2.45, 2.75) is 13.3 Å². The van der Waals surface area contributed by atoms with Crippen molar-refractivity contribution in [2.24, 2.45) is 0 Å². The van der Waals surface area contributed by atoms with Gasteiger partial charge in [-0.1, -0.05) is 25.1 Å². The highest BCUT2D eigenvalue weighted by Gasteiger charge is 2.00. The van der Waals surface area contributed by atoms with Gasteiger partial charge in [-0.3, -0.25) is 0 Å². The van der Waals surface area contributed by atoms with E-state index >= 15 is 0 Å². The summed E-state index contributed by atoms with van der Waals surface area (Å²) in [5, 5.41) is 3.66. The second kappa shape index (κ2) is 6.28. The Hall–Kier alpha value is -1.35. The number of nitrogens with one attached hydrogen (secondary N) is 1.